The van der Waals surface area contributed by atoms with E-state index >= 15 is 0 Å². The van der Waals surface area contributed by atoms with Crippen LogP contribution in [0, 0.1) is 0 Å². The Kier molecular flexibility index (Phi) is 3.50. The Bertz CT molecular complexity index is 518. The van der Waals surface area contributed by atoms with E-state index in [4.69, 9.17) is 5.73 Å². The first-order valence-electron chi connectivity index (χ1n) is 5.10. The van der Waals surface area contributed by atoms with Crippen molar-refractivity contribution in [3.8, 4) is 0 Å². The Balaban J connectivity index is 1.95. The summed E-state index contributed by atoms with van der Waals surface area (Å²) in [5.41, 5.74) is 6.79. The summed E-state index contributed by atoms with van der Waals surface area (Å²) in [6.07, 6.45) is 1.69. The fourth-order valence-corrected chi connectivity index (χ4v) is 2.00. The lowest BCUT2D eigenvalue weighted by Crippen LogP contribution is -2.24. The van der Waals surface area contributed by atoms with Crippen LogP contribution in [0.15, 0.2) is 17.6 Å². The summed E-state index contributed by atoms with van der Waals surface area (Å²) in [4.78, 5) is 15.9. The maximum Gasteiger partial charge on any atom is 0.271 e. The standard InChI is InChI=1S/C10H13N5OS/c1-15-7(2-3-13-15)5-12-10(16)8-6-17-9(4-11)14-8/h2-3,6H,4-5,11H2,1H3,(H,12,16). The molecule has 0 aliphatic carbocycles. The predicted octanol–water partition coefficient (Wildman–Crippen LogP) is 0.265. The van der Waals surface area contributed by atoms with Crippen LogP contribution in [0.4, 0.5) is 0 Å². The van der Waals surface area contributed by atoms with Crippen LogP contribution in [-0.4, -0.2) is 20.7 Å². The van der Waals surface area contributed by atoms with Crippen molar-refractivity contribution in [1.29, 1.82) is 0 Å². The Morgan fingerprint density at radius 2 is 2.47 bits per heavy atom. The maximum atomic E-state index is 11.7. The molecular formula is C10H13N5OS. The first-order valence-corrected chi connectivity index (χ1v) is 5.98. The van der Waals surface area contributed by atoms with Gasteiger partial charge in [0.15, 0.2) is 0 Å². The van der Waals surface area contributed by atoms with Gasteiger partial charge in [0.2, 0.25) is 0 Å². The van der Waals surface area contributed by atoms with Crippen LogP contribution in [0.2, 0.25) is 0 Å². The molecule has 2 rings (SSSR count). The molecule has 0 saturated carbocycles. The van der Waals surface area contributed by atoms with Gasteiger partial charge in [-0.05, 0) is 6.07 Å². The fraction of sp³-hybridized carbons (Fsp3) is 0.300. The molecule has 0 spiro atoms. The number of carbonyl (C=O) groups is 1. The van der Waals surface area contributed by atoms with E-state index in [9.17, 15) is 4.79 Å². The SMILES string of the molecule is Cn1nccc1CNC(=O)c1csc(CN)n1. The smallest absolute Gasteiger partial charge is 0.271 e. The lowest BCUT2D eigenvalue weighted by molar-refractivity contribution is 0.0945. The second kappa shape index (κ2) is 5.07. The van der Waals surface area contributed by atoms with Crippen molar-refractivity contribution < 1.29 is 4.79 Å². The number of nitrogens with two attached hydrogens (primary N) is 1. The number of nitrogens with zero attached hydrogens (tertiary/aromatic N) is 3. The topological polar surface area (TPSA) is 85.8 Å². The van der Waals surface area contributed by atoms with Crippen LogP contribution in [-0.2, 0) is 20.1 Å². The van der Waals surface area contributed by atoms with Crippen LogP contribution < -0.4 is 11.1 Å². The van der Waals surface area contributed by atoms with Crippen LogP contribution >= 0.6 is 11.3 Å². The van der Waals surface area contributed by atoms with Gasteiger partial charge in [0, 0.05) is 25.2 Å². The molecule has 7 heteroatoms. The number of nitrogens with one attached hydrogen (secondary N) is 1. The number of aromatic nitrogens is 3. The Hall–Kier alpha value is -1.73. The quantitative estimate of drug-likeness (QED) is 0.816. The van der Waals surface area contributed by atoms with Crippen molar-refractivity contribution in [2.75, 3.05) is 0 Å². The van der Waals surface area contributed by atoms with Gasteiger partial charge in [0.25, 0.3) is 5.91 Å². The molecule has 17 heavy (non-hydrogen) atoms. The molecule has 2 aromatic rings. The molecule has 0 aromatic carbocycles. The van der Waals surface area contributed by atoms with Gasteiger partial charge in [-0.3, -0.25) is 9.48 Å². The number of hydrogen-bond donors (Lipinski definition) is 2. The molecular weight excluding hydrogens is 238 g/mol. The second-order valence-corrected chi connectivity index (χ2v) is 4.40. The Labute approximate surface area is 102 Å². The molecule has 1 amide bonds. The van der Waals surface area contributed by atoms with Gasteiger partial charge >= 0.3 is 0 Å². The number of aryl methyl sites for hydroxylation is 1. The summed E-state index contributed by atoms with van der Waals surface area (Å²) < 4.78 is 1.71. The average molecular weight is 251 g/mol. The highest BCUT2D eigenvalue weighted by Crippen LogP contribution is 2.08. The van der Waals surface area contributed by atoms with E-state index in [1.165, 1.54) is 11.3 Å². The lowest BCUT2D eigenvalue weighted by Gasteiger charge is -2.03. The molecule has 0 fully saturated rings. The molecule has 90 valence electrons. The molecule has 0 saturated heterocycles. The molecule has 6 nitrogen and oxygen atoms in total. The van der Waals surface area contributed by atoms with Crippen molar-refractivity contribution >= 4 is 17.2 Å². The zero-order valence-electron chi connectivity index (χ0n) is 9.38. The van der Waals surface area contributed by atoms with Gasteiger partial charge in [-0.15, -0.1) is 11.3 Å². The highest BCUT2D eigenvalue weighted by atomic mass is 32.1. The van der Waals surface area contributed by atoms with Gasteiger partial charge in [-0.1, -0.05) is 0 Å². The van der Waals surface area contributed by atoms with Crippen LogP contribution in [0.5, 0.6) is 0 Å². The van der Waals surface area contributed by atoms with E-state index in [2.05, 4.69) is 15.4 Å². The summed E-state index contributed by atoms with van der Waals surface area (Å²) in [5.74, 6) is -0.192. The van der Waals surface area contributed by atoms with Crippen molar-refractivity contribution in [2.45, 2.75) is 13.1 Å². The average Bonchev–Trinajstić information content (AvgIpc) is 2.94. The molecule has 0 unspecified atom stereocenters. The zero-order chi connectivity index (χ0) is 12.3. The van der Waals surface area contributed by atoms with Crippen LogP contribution in [0.25, 0.3) is 0 Å². The normalized spacial score (nSPS) is 10.5. The molecule has 0 aliphatic rings. The molecule has 0 radical (unpaired) electrons. The van der Waals surface area contributed by atoms with Crippen molar-refractivity contribution in [3.63, 3.8) is 0 Å². The largest absolute Gasteiger partial charge is 0.345 e. The molecule has 0 aliphatic heterocycles. The lowest BCUT2D eigenvalue weighted by atomic mass is 10.4. The number of rotatable bonds is 4. The first-order chi connectivity index (χ1) is 8.20. The van der Waals surface area contributed by atoms with Gasteiger partial charge in [0.1, 0.15) is 10.7 Å². The third-order valence-corrected chi connectivity index (χ3v) is 3.18. The van der Waals surface area contributed by atoms with Crippen LogP contribution in [0.1, 0.15) is 21.2 Å². The van der Waals surface area contributed by atoms with Crippen molar-refractivity contribution in [3.05, 3.63) is 34.0 Å². The summed E-state index contributed by atoms with van der Waals surface area (Å²) in [5, 5.41) is 9.27. The second-order valence-electron chi connectivity index (χ2n) is 3.46. The number of amides is 1. The van der Waals surface area contributed by atoms with Gasteiger partial charge in [-0.25, -0.2) is 4.98 Å². The number of hydrogen-bond acceptors (Lipinski definition) is 5. The minimum Gasteiger partial charge on any atom is -0.345 e. The molecule has 0 atom stereocenters. The number of carbonyl (C=O) groups excluding carboxylic acids is 1. The summed E-state index contributed by atoms with van der Waals surface area (Å²) >= 11 is 1.39. The highest BCUT2D eigenvalue weighted by molar-refractivity contribution is 7.09. The molecule has 2 aromatic heterocycles. The van der Waals surface area contributed by atoms with E-state index in [0.717, 1.165) is 10.7 Å². The first kappa shape index (κ1) is 11.7. The van der Waals surface area contributed by atoms with Gasteiger partial charge < -0.3 is 11.1 Å². The Morgan fingerprint density at radius 1 is 1.65 bits per heavy atom. The monoisotopic (exact) mass is 251 g/mol. The van der Waals surface area contributed by atoms with Crippen molar-refractivity contribution in [1.82, 2.24) is 20.1 Å². The van der Waals surface area contributed by atoms with E-state index < -0.39 is 0 Å². The maximum absolute atomic E-state index is 11.7. The van der Waals surface area contributed by atoms with Crippen LogP contribution in [0.3, 0.4) is 0 Å². The summed E-state index contributed by atoms with van der Waals surface area (Å²) in [6.45, 7) is 0.796. The minimum absolute atomic E-state index is 0.192. The molecule has 3 N–H and O–H groups in total. The minimum atomic E-state index is -0.192. The van der Waals surface area contributed by atoms with Crippen molar-refractivity contribution in [2.24, 2.45) is 12.8 Å². The highest BCUT2D eigenvalue weighted by Gasteiger charge is 2.10. The van der Waals surface area contributed by atoms with E-state index in [0.29, 0.717) is 18.8 Å². The third-order valence-electron chi connectivity index (χ3n) is 2.31. The summed E-state index contributed by atoms with van der Waals surface area (Å²) in [7, 11) is 1.83. The summed E-state index contributed by atoms with van der Waals surface area (Å²) in [6, 6.07) is 1.85. The predicted molar refractivity (Wildman–Crippen MR) is 64.4 cm³/mol. The van der Waals surface area contributed by atoms with Gasteiger partial charge in [0.05, 0.1) is 12.2 Å². The zero-order valence-corrected chi connectivity index (χ0v) is 10.2. The molecule has 0 bridgehead atoms. The Morgan fingerprint density at radius 3 is 3.06 bits per heavy atom. The van der Waals surface area contributed by atoms with E-state index in [1.54, 1.807) is 16.3 Å². The fourth-order valence-electron chi connectivity index (χ4n) is 1.35. The van der Waals surface area contributed by atoms with E-state index in [1.807, 2.05) is 13.1 Å². The number of thiazole rings is 1. The third kappa shape index (κ3) is 2.69. The molecule has 2 heterocycles. The van der Waals surface area contributed by atoms with Gasteiger partial charge in [-0.2, -0.15) is 5.10 Å². The van der Waals surface area contributed by atoms with E-state index in [-0.39, 0.29) is 5.91 Å².